The third-order valence-electron chi connectivity index (χ3n) is 7.74. The van der Waals surface area contributed by atoms with Crippen molar-refractivity contribution >= 4 is 45.1 Å². The fourth-order valence-electron chi connectivity index (χ4n) is 5.54. The van der Waals surface area contributed by atoms with Crippen LogP contribution in [0, 0.1) is 11.7 Å². The van der Waals surface area contributed by atoms with Crippen molar-refractivity contribution < 1.29 is 18.7 Å². The van der Waals surface area contributed by atoms with Gasteiger partial charge in [0.15, 0.2) is 5.75 Å². The van der Waals surface area contributed by atoms with E-state index in [1.807, 2.05) is 0 Å². The van der Waals surface area contributed by atoms with Crippen molar-refractivity contribution in [2.75, 3.05) is 51.2 Å². The fraction of sp³-hybridized carbons (Fsp3) is 0.393. The largest absolute Gasteiger partial charge is 0.458 e. The Bertz CT molecular complexity index is 1620. The van der Waals surface area contributed by atoms with Gasteiger partial charge < -0.3 is 24.2 Å². The number of likely N-dealkylation sites (N-methyl/N-ethyl adjacent to an activating group) is 1. The summed E-state index contributed by atoms with van der Waals surface area (Å²) < 4.78 is 27.3. The van der Waals surface area contributed by atoms with E-state index in [2.05, 4.69) is 45.5 Å². The maximum atomic E-state index is 14.6. The first-order chi connectivity index (χ1) is 19.9. The Hall–Kier alpha value is -4.03. The van der Waals surface area contributed by atoms with Crippen molar-refractivity contribution in [2.45, 2.75) is 19.4 Å². The highest BCUT2D eigenvalue weighted by Gasteiger charge is 2.33. The molecule has 6 rings (SSSR count). The van der Waals surface area contributed by atoms with Crippen LogP contribution >= 0.6 is 11.6 Å². The lowest BCUT2D eigenvalue weighted by Gasteiger charge is -2.35. The monoisotopic (exact) mass is 580 g/mol. The molecule has 1 N–H and O–H groups in total. The maximum Gasteiger partial charge on any atom is 0.319 e. The number of hydrogen-bond acceptors (Lipinski definition) is 9. The molecule has 1 unspecified atom stereocenters. The van der Waals surface area contributed by atoms with Crippen molar-refractivity contribution in [1.29, 1.82) is 0 Å². The van der Waals surface area contributed by atoms with Gasteiger partial charge in [0.25, 0.3) is 0 Å². The number of carbonyl (C=O) groups is 1. The molecule has 0 radical (unpaired) electrons. The van der Waals surface area contributed by atoms with Gasteiger partial charge in [0.1, 0.15) is 28.3 Å². The number of anilines is 1. The molecule has 5 heterocycles. The molecule has 2 atom stereocenters. The zero-order valence-corrected chi connectivity index (χ0v) is 23.6. The van der Waals surface area contributed by atoms with Crippen LogP contribution in [-0.2, 0) is 4.79 Å². The third-order valence-corrected chi connectivity index (χ3v) is 8.10. The summed E-state index contributed by atoms with van der Waals surface area (Å²) in [7, 11) is 2.07. The molecule has 0 saturated carbocycles. The Morgan fingerprint density at radius 3 is 2.80 bits per heavy atom. The lowest BCUT2D eigenvalue weighted by atomic mass is 10.0. The fourth-order valence-corrected chi connectivity index (χ4v) is 5.74. The smallest absolute Gasteiger partial charge is 0.319 e. The number of fused-ring (bicyclic) bond motifs is 2. The van der Waals surface area contributed by atoms with E-state index >= 15 is 0 Å². The van der Waals surface area contributed by atoms with E-state index in [0.717, 1.165) is 19.5 Å². The van der Waals surface area contributed by atoms with E-state index in [-0.39, 0.29) is 34.7 Å². The number of H-pyrrole nitrogens is 1. The van der Waals surface area contributed by atoms with Crippen LogP contribution in [0.3, 0.4) is 0 Å². The highest BCUT2D eigenvalue weighted by atomic mass is 35.5. The first kappa shape index (κ1) is 27.2. The zero-order valence-electron chi connectivity index (χ0n) is 22.8. The van der Waals surface area contributed by atoms with Gasteiger partial charge in [-0.05, 0) is 25.6 Å². The van der Waals surface area contributed by atoms with Gasteiger partial charge >= 0.3 is 6.01 Å². The molecule has 41 heavy (non-hydrogen) atoms. The van der Waals surface area contributed by atoms with Gasteiger partial charge in [0.05, 0.1) is 22.5 Å². The number of ether oxygens (including phenoxy) is 2. The van der Waals surface area contributed by atoms with Crippen LogP contribution in [0.15, 0.2) is 37.2 Å². The number of benzene rings is 1. The van der Waals surface area contributed by atoms with E-state index in [9.17, 15) is 9.18 Å². The molecule has 11 nitrogen and oxygen atoms in total. The Morgan fingerprint density at radius 1 is 1.24 bits per heavy atom. The Labute approximate surface area is 240 Å². The number of likely N-dealkylation sites (tertiary alicyclic amines) is 1. The quantitative estimate of drug-likeness (QED) is 0.324. The van der Waals surface area contributed by atoms with Crippen LogP contribution in [0.2, 0.25) is 5.02 Å². The molecular weight excluding hydrogens is 551 g/mol. The SMILES string of the molecule is C=CC(=O)N1CCN(c2nc(OC3CN(C)C[C@H]3CC)nc3c(Oc4c(Cl)c(F)cc5[nH]ncc45)nccc23)CC1. The van der Waals surface area contributed by atoms with Crippen molar-refractivity contribution in [3.63, 3.8) is 0 Å². The molecule has 2 aliphatic heterocycles. The standard InChI is InChI=1S/C28H30ClFN8O3/c1-4-16-14-36(3)15-21(16)40-28-33-24-17(26(34-28)38-10-8-37(9-11-38)22(39)5-2)6-7-31-27(24)41-25-18-13-32-35-20(18)12-19(30)23(25)29/h5-7,12-13,16,21H,2,4,8-11,14-15H2,1,3H3,(H,32,35)/t16-,21?/m1/s1. The second-order valence-corrected chi connectivity index (χ2v) is 10.7. The van der Waals surface area contributed by atoms with E-state index < -0.39 is 5.82 Å². The van der Waals surface area contributed by atoms with Crippen molar-refractivity contribution in [2.24, 2.45) is 5.92 Å². The minimum atomic E-state index is -0.652. The van der Waals surface area contributed by atoms with Gasteiger partial charge in [0, 0.05) is 57.4 Å². The van der Waals surface area contributed by atoms with E-state index in [0.29, 0.717) is 59.7 Å². The summed E-state index contributed by atoms with van der Waals surface area (Å²) in [5.74, 6) is 0.429. The molecule has 0 bridgehead atoms. The van der Waals surface area contributed by atoms with Crippen LogP contribution in [0.1, 0.15) is 13.3 Å². The Balaban J connectivity index is 1.43. The van der Waals surface area contributed by atoms with Crippen molar-refractivity contribution in [3.8, 4) is 17.6 Å². The molecule has 214 valence electrons. The van der Waals surface area contributed by atoms with Gasteiger partial charge in [0.2, 0.25) is 11.8 Å². The average molecular weight is 581 g/mol. The van der Waals surface area contributed by atoms with Crippen LogP contribution in [-0.4, -0.2) is 93.3 Å². The van der Waals surface area contributed by atoms with Gasteiger partial charge in [-0.2, -0.15) is 15.1 Å². The summed E-state index contributed by atoms with van der Waals surface area (Å²) in [4.78, 5) is 32.3. The summed E-state index contributed by atoms with van der Waals surface area (Å²) in [6.45, 7) is 9.57. The van der Waals surface area contributed by atoms with E-state index in [4.69, 9.17) is 31.0 Å². The number of halogens is 2. The number of pyridine rings is 1. The first-order valence-electron chi connectivity index (χ1n) is 13.5. The summed E-state index contributed by atoms with van der Waals surface area (Å²) in [5, 5.41) is 7.73. The molecule has 4 aromatic rings. The molecule has 2 aliphatic rings. The Morgan fingerprint density at radius 2 is 2.05 bits per heavy atom. The molecule has 1 amide bonds. The lowest BCUT2D eigenvalue weighted by Crippen LogP contribution is -2.48. The second kappa shape index (κ2) is 11.1. The van der Waals surface area contributed by atoms with Crippen LogP contribution in [0.25, 0.3) is 21.8 Å². The summed E-state index contributed by atoms with van der Waals surface area (Å²) in [6, 6.07) is 3.27. The number of nitrogens with zero attached hydrogens (tertiary/aromatic N) is 7. The normalized spacial score (nSPS) is 19.7. The highest BCUT2D eigenvalue weighted by molar-refractivity contribution is 6.33. The molecule has 1 aromatic carbocycles. The molecule has 2 fully saturated rings. The zero-order chi connectivity index (χ0) is 28.7. The van der Waals surface area contributed by atoms with Gasteiger partial charge in [-0.3, -0.25) is 9.89 Å². The summed E-state index contributed by atoms with van der Waals surface area (Å²) in [6.07, 6.45) is 5.31. The van der Waals surface area contributed by atoms with Crippen molar-refractivity contribution in [1.82, 2.24) is 34.9 Å². The lowest BCUT2D eigenvalue weighted by molar-refractivity contribution is -0.126. The molecule has 3 aromatic heterocycles. The van der Waals surface area contributed by atoms with Crippen LogP contribution in [0.4, 0.5) is 10.2 Å². The number of hydrogen-bond donors (Lipinski definition) is 1. The number of amides is 1. The van der Waals surface area contributed by atoms with Crippen LogP contribution < -0.4 is 14.4 Å². The van der Waals surface area contributed by atoms with Gasteiger partial charge in [-0.1, -0.05) is 25.1 Å². The van der Waals surface area contributed by atoms with Gasteiger partial charge in [-0.25, -0.2) is 9.37 Å². The summed E-state index contributed by atoms with van der Waals surface area (Å²) >= 11 is 6.35. The minimum Gasteiger partial charge on any atom is -0.458 e. The van der Waals surface area contributed by atoms with E-state index in [1.165, 1.54) is 18.3 Å². The Kier molecular flexibility index (Phi) is 7.35. The summed E-state index contributed by atoms with van der Waals surface area (Å²) in [5.41, 5.74) is 0.831. The molecule has 2 saturated heterocycles. The topological polar surface area (TPSA) is 113 Å². The number of carbonyl (C=O) groups excluding carboxylic acids is 1. The number of aromatic nitrogens is 5. The third kappa shape index (κ3) is 5.13. The maximum absolute atomic E-state index is 14.6. The number of aromatic amines is 1. The number of nitrogens with one attached hydrogen (secondary N) is 1. The van der Waals surface area contributed by atoms with Crippen molar-refractivity contribution in [3.05, 3.63) is 48.0 Å². The number of rotatable bonds is 7. The molecular formula is C28H30ClFN8O3. The van der Waals surface area contributed by atoms with Gasteiger partial charge in [-0.15, -0.1) is 0 Å². The van der Waals surface area contributed by atoms with Crippen LogP contribution in [0.5, 0.6) is 17.6 Å². The highest BCUT2D eigenvalue weighted by Crippen LogP contribution is 2.40. The predicted molar refractivity (Wildman–Crippen MR) is 153 cm³/mol. The average Bonchev–Trinajstić information content (AvgIpc) is 3.60. The molecule has 0 aliphatic carbocycles. The molecule has 13 heteroatoms. The predicted octanol–water partition coefficient (Wildman–Crippen LogP) is 4.04. The first-order valence-corrected chi connectivity index (χ1v) is 13.9. The van der Waals surface area contributed by atoms with E-state index in [1.54, 1.807) is 17.2 Å². The number of piperazine rings is 1. The second-order valence-electron chi connectivity index (χ2n) is 10.3. The molecule has 0 spiro atoms. The minimum absolute atomic E-state index is 0.0815.